The van der Waals surface area contributed by atoms with E-state index in [1.165, 1.54) is 5.19 Å². The number of benzene rings is 3. The van der Waals surface area contributed by atoms with Crippen molar-refractivity contribution in [1.82, 2.24) is 0 Å². The summed E-state index contributed by atoms with van der Waals surface area (Å²) in [7, 11) is -1.26. The van der Waals surface area contributed by atoms with Crippen LogP contribution in [0.3, 0.4) is 0 Å². The number of rotatable bonds is 1. The van der Waals surface area contributed by atoms with Crippen LogP contribution in [0.15, 0.2) is 78.9 Å². The average Bonchev–Trinajstić information content (AvgIpc) is 2.65. The van der Waals surface area contributed by atoms with Crippen molar-refractivity contribution in [2.45, 2.75) is 26.6 Å². The number of aryl methyl sites for hydroxylation is 1. The first-order valence-electron chi connectivity index (χ1n) is 8.57. The smallest absolute Gasteiger partial charge is 0.171 e. The molecule has 0 aliphatic heterocycles. The number of phenols is 1. The molecular weight excluding hydrogens is 458 g/mol. The first-order chi connectivity index (χ1) is 12.8. The Kier molecular flexibility index (Phi) is 22.4. The molecule has 0 aromatic heterocycles. The number of hydrogen-bond acceptors (Lipinski definition) is 1. The maximum absolute atomic E-state index is 10.3. The molecule has 0 aliphatic rings. The second-order valence-electron chi connectivity index (χ2n) is 6.60. The Morgan fingerprint density at radius 1 is 0.828 bits per heavy atom. The van der Waals surface area contributed by atoms with E-state index in [0.29, 0.717) is 5.75 Å². The van der Waals surface area contributed by atoms with Gasteiger partial charge < -0.3 is 5.11 Å². The van der Waals surface area contributed by atoms with Crippen LogP contribution in [0, 0.1) is 19.1 Å². The predicted molar refractivity (Wildman–Crippen MR) is 129 cm³/mol. The van der Waals surface area contributed by atoms with Crippen LogP contribution < -0.4 is 5.19 Å². The number of hydrogen-bond donors (Lipinski definition) is 1. The van der Waals surface area contributed by atoms with Crippen LogP contribution in [-0.2, 0) is 19.2 Å². The summed E-state index contributed by atoms with van der Waals surface area (Å²) in [6.45, 7) is 8.85. The topological polar surface area (TPSA) is 20.2 Å². The normalized spacial score (nSPS) is 8.45. The zero-order valence-corrected chi connectivity index (χ0v) is 21.5. The number of aromatic hydroxyl groups is 1. The van der Waals surface area contributed by atoms with Gasteiger partial charge in [-0.05, 0) is 24.6 Å². The van der Waals surface area contributed by atoms with Crippen molar-refractivity contribution in [3.63, 3.8) is 0 Å². The summed E-state index contributed by atoms with van der Waals surface area (Å²) < 4.78 is 10.3. The van der Waals surface area contributed by atoms with E-state index in [9.17, 15) is 8.20 Å². The summed E-state index contributed by atoms with van der Waals surface area (Å²) in [6.07, 6.45) is 0. The monoisotopic (exact) mass is 487 g/mol. The third-order valence-electron chi connectivity index (χ3n) is 3.14. The maximum Gasteiger partial charge on any atom is -0.171 e. The van der Waals surface area contributed by atoms with Crippen molar-refractivity contribution in [1.29, 1.82) is 0 Å². The third-order valence-corrected chi connectivity index (χ3v) is 5.16. The van der Waals surface area contributed by atoms with Crippen LogP contribution in [-0.4, -0.2) is 18.0 Å². The molecule has 0 radical (unpaired) electrons. The maximum atomic E-state index is 10.3. The van der Waals surface area contributed by atoms with Crippen LogP contribution in [0.5, 0.6) is 5.75 Å². The van der Waals surface area contributed by atoms with E-state index < -0.39 is 27.3 Å². The summed E-state index contributed by atoms with van der Waals surface area (Å²) >= 11 is -1.25. The molecule has 0 unspecified atom stereocenters. The molecule has 1 N–H and O–H groups in total. The van der Waals surface area contributed by atoms with Gasteiger partial charge in [-0.1, -0.05) is 30.9 Å². The molecule has 0 bridgehead atoms. The SMILES string of the molecule is Cc1cc(O)cc([Si](C)(C)C)c1.Cl.Cl.[CH2]=[Ti][F].[c-]1ccccc1.[c-]1ccccc1. The van der Waals surface area contributed by atoms with Gasteiger partial charge in [-0.2, -0.15) is 72.8 Å². The third kappa shape index (κ3) is 19.8. The molecule has 3 aromatic rings. The molecule has 0 aliphatic carbocycles. The molecule has 0 atom stereocenters. The van der Waals surface area contributed by atoms with Crippen LogP contribution in [0.25, 0.3) is 0 Å². The zero-order chi connectivity index (χ0) is 20.5. The van der Waals surface area contributed by atoms with Crippen molar-refractivity contribution in [3.8, 4) is 5.75 Å². The van der Waals surface area contributed by atoms with Crippen LogP contribution in [0.1, 0.15) is 5.56 Å². The van der Waals surface area contributed by atoms with Gasteiger partial charge in [0.15, 0.2) is 0 Å². The van der Waals surface area contributed by atoms with Gasteiger partial charge in [-0.15, -0.1) is 24.8 Å². The number of halogens is 3. The Balaban J connectivity index is -0.000000339. The molecule has 3 aromatic carbocycles. The number of phenolic OH excluding ortho intramolecular Hbond substituents is 1. The fourth-order valence-corrected chi connectivity index (χ4v) is 3.12. The summed E-state index contributed by atoms with van der Waals surface area (Å²) in [5.41, 5.74) is 1.15. The fourth-order valence-electron chi connectivity index (χ4n) is 1.88. The molecule has 1 nitrogen and oxygen atoms in total. The van der Waals surface area contributed by atoms with Gasteiger partial charge in [0.05, 0.1) is 8.07 Å². The second-order valence-corrected chi connectivity index (χ2v) is 12.1. The Morgan fingerprint density at radius 2 is 1.21 bits per heavy atom. The molecular formula is C23H30Cl2FOSiTi-2. The quantitative estimate of drug-likeness (QED) is 0.309. The molecule has 0 amide bonds. The van der Waals surface area contributed by atoms with Crippen LogP contribution >= 0.6 is 24.8 Å². The summed E-state index contributed by atoms with van der Waals surface area (Å²) in [6, 6.07) is 30.9. The minimum atomic E-state index is -1.26. The summed E-state index contributed by atoms with van der Waals surface area (Å²) in [5, 5.41) is 10.7. The van der Waals surface area contributed by atoms with Gasteiger partial charge >= 0.3 is 27.1 Å². The Hall–Kier alpha value is -1.23. The van der Waals surface area contributed by atoms with E-state index in [4.69, 9.17) is 0 Å². The first-order valence-corrected chi connectivity index (χ1v) is 13.8. The van der Waals surface area contributed by atoms with Gasteiger partial charge in [0.1, 0.15) is 5.75 Å². The molecule has 0 heterocycles. The van der Waals surface area contributed by atoms with Gasteiger partial charge in [-0.3, -0.25) is 0 Å². The molecule has 0 saturated heterocycles. The van der Waals surface area contributed by atoms with E-state index in [1.807, 2.05) is 73.7 Å². The average molecular weight is 488 g/mol. The standard InChI is InChI=1S/C10H16OSi.2C6H5.CH2.2ClH.FH.Ti/c1-8-5-9(11)7-10(6-8)12(2,3)4;2*1-2-4-6-5-3-1;;;;;/h5-7,11H,1-4H3;2*1-5H;1H2;3*1H;/q;2*-1;;;;;+1/p-1. The molecule has 0 fully saturated rings. The van der Waals surface area contributed by atoms with Gasteiger partial charge in [0, 0.05) is 0 Å². The first kappa shape index (κ1) is 32.4. The van der Waals surface area contributed by atoms with Crippen LogP contribution in [0.2, 0.25) is 19.6 Å². The van der Waals surface area contributed by atoms with Crippen molar-refractivity contribution in [3.05, 3.63) is 96.6 Å². The van der Waals surface area contributed by atoms with Crippen LogP contribution in [0.4, 0.5) is 3.09 Å². The summed E-state index contributed by atoms with van der Waals surface area (Å²) in [5.74, 6) is 0.396. The van der Waals surface area contributed by atoms with Gasteiger partial charge in [0.2, 0.25) is 0 Å². The van der Waals surface area contributed by atoms with E-state index >= 15 is 0 Å². The molecule has 0 saturated carbocycles. The molecule has 159 valence electrons. The Labute approximate surface area is 198 Å². The summed E-state index contributed by atoms with van der Waals surface area (Å²) in [4.78, 5) is 2.94. The van der Waals surface area contributed by atoms with E-state index in [1.54, 1.807) is 6.07 Å². The van der Waals surface area contributed by atoms with Gasteiger partial charge in [-0.25, -0.2) is 0 Å². The largest absolute Gasteiger partial charge is 0.184 e. The van der Waals surface area contributed by atoms with Crippen molar-refractivity contribution < 1.29 is 27.4 Å². The van der Waals surface area contributed by atoms with Gasteiger partial charge in [0.25, 0.3) is 0 Å². The predicted octanol–water partition coefficient (Wildman–Crippen LogP) is 6.45. The van der Waals surface area contributed by atoms with E-state index in [0.717, 1.165) is 5.56 Å². The minimum Gasteiger partial charge on any atom is -0.184 e. The second kappa shape index (κ2) is 20.1. The van der Waals surface area contributed by atoms with Crippen molar-refractivity contribution >= 4 is 42.9 Å². The molecule has 29 heavy (non-hydrogen) atoms. The van der Waals surface area contributed by atoms with E-state index in [2.05, 4.69) is 42.7 Å². The zero-order valence-electron chi connectivity index (χ0n) is 17.4. The molecule has 0 spiro atoms. The van der Waals surface area contributed by atoms with Crippen molar-refractivity contribution in [2.24, 2.45) is 0 Å². The minimum absolute atomic E-state index is 0. The fraction of sp³-hybridized carbons (Fsp3) is 0.174. The molecule has 3 rings (SSSR count). The Bertz CT molecular complexity index is 634. The van der Waals surface area contributed by atoms with E-state index in [-0.39, 0.29) is 24.8 Å². The van der Waals surface area contributed by atoms with Crippen molar-refractivity contribution in [2.75, 3.05) is 0 Å². The molecule has 6 heteroatoms. The Morgan fingerprint density at radius 3 is 1.41 bits per heavy atom.